The summed E-state index contributed by atoms with van der Waals surface area (Å²) >= 11 is 0. The summed E-state index contributed by atoms with van der Waals surface area (Å²) in [5.74, 6) is 0.656. The van der Waals surface area contributed by atoms with Gasteiger partial charge in [0, 0.05) is 6.42 Å². The standard InChI is InChI=1S/C21H22N2O3/c1-14(2)16-9-7-15(8-10-16)13-26-20(24)12-11-19-22-18-6-4-3-5-17(18)21(25)23-19/h3-10,14H,11-13H2,1-2H3,(H,22,23,25). The van der Waals surface area contributed by atoms with Crippen molar-refractivity contribution in [2.24, 2.45) is 0 Å². The van der Waals surface area contributed by atoms with E-state index in [1.54, 1.807) is 18.2 Å². The molecule has 0 aliphatic rings. The lowest BCUT2D eigenvalue weighted by Gasteiger charge is -2.08. The first-order valence-corrected chi connectivity index (χ1v) is 8.75. The van der Waals surface area contributed by atoms with E-state index in [1.807, 2.05) is 18.2 Å². The first kappa shape index (κ1) is 17.9. The summed E-state index contributed by atoms with van der Waals surface area (Å²) in [6, 6.07) is 15.2. The summed E-state index contributed by atoms with van der Waals surface area (Å²) in [5.41, 5.74) is 2.65. The lowest BCUT2D eigenvalue weighted by Crippen LogP contribution is -2.14. The number of hydrogen-bond acceptors (Lipinski definition) is 4. The van der Waals surface area contributed by atoms with Gasteiger partial charge in [-0.05, 0) is 29.2 Å². The molecule has 0 bridgehead atoms. The molecular formula is C21H22N2O3. The fourth-order valence-electron chi connectivity index (χ4n) is 2.71. The molecule has 0 saturated heterocycles. The second kappa shape index (κ2) is 7.95. The minimum absolute atomic E-state index is 0.172. The number of aromatic nitrogens is 2. The van der Waals surface area contributed by atoms with Crippen LogP contribution in [0.4, 0.5) is 0 Å². The predicted molar refractivity (Wildman–Crippen MR) is 101 cm³/mol. The number of esters is 1. The Kier molecular flexibility index (Phi) is 5.46. The fourth-order valence-corrected chi connectivity index (χ4v) is 2.71. The van der Waals surface area contributed by atoms with Gasteiger partial charge in [0.1, 0.15) is 12.4 Å². The van der Waals surface area contributed by atoms with Crippen molar-refractivity contribution < 1.29 is 9.53 Å². The average molecular weight is 350 g/mol. The number of aromatic amines is 1. The van der Waals surface area contributed by atoms with Crippen LogP contribution in [-0.2, 0) is 22.6 Å². The molecule has 5 heteroatoms. The molecule has 134 valence electrons. The van der Waals surface area contributed by atoms with E-state index in [2.05, 4.69) is 35.9 Å². The highest BCUT2D eigenvalue weighted by Crippen LogP contribution is 2.15. The molecule has 0 atom stereocenters. The zero-order valence-electron chi connectivity index (χ0n) is 15.0. The van der Waals surface area contributed by atoms with Crippen molar-refractivity contribution in [2.45, 2.75) is 39.2 Å². The highest BCUT2D eigenvalue weighted by molar-refractivity contribution is 5.77. The number of benzene rings is 2. The third kappa shape index (κ3) is 4.36. The molecule has 0 aliphatic carbocycles. The molecular weight excluding hydrogens is 328 g/mol. The molecule has 1 aromatic heterocycles. The van der Waals surface area contributed by atoms with Crippen LogP contribution in [0.1, 0.15) is 43.1 Å². The largest absolute Gasteiger partial charge is 0.461 e. The van der Waals surface area contributed by atoms with E-state index in [1.165, 1.54) is 5.56 Å². The zero-order valence-corrected chi connectivity index (χ0v) is 15.0. The Morgan fingerprint density at radius 2 is 1.85 bits per heavy atom. The molecule has 1 N–H and O–H groups in total. The van der Waals surface area contributed by atoms with Crippen molar-refractivity contribution in [2.75, 3.05) is 0 Å². The molecule has 3 rings (SSSR count). The Morgan fingerprint density at radius 1 is 1.12 bits per heavy atom. The second-order valence-corrected chi connectivity index (χ2v) is 6.59. The van der Waals surface area contributed by atoms with E-state index < -0.39 is 0 Å². The van der Waals surface area contributed by atoms with Crippen molar-refractivity contribution in [1.29, 1.82) is 0 Å². The Hall–Kier alpha value is -2.95. The molecule has 0 aliphatic heterocycles. The number of H-pyrrole nitrogens is 1. The van der Waals surface area contributed by atoms with Gasteiger partial charge >= 0.3 is 5.97 Å². The predicted octanol–water partition coefficient (Wildman–Crippen LogP) is 3.72. The minimum Gasteiger partial charge on any atom is -0.461 e. The zero-order chi connectivity index (χ0) is 18.5. The van der Waals surface area contributed by atoms with Crippen LogP contribution in [0.5, 0.6) is 0 Å². The van der Waals surface area contributed by atoms with Crippen LogP contribution in [0.15, 0.2) is 53.3 Å². The van der Waals surface area contributed by atoms with E-state index in [4.69, 9.17) is 4.74 Å². The van der Waals surface area contributed by atoms with Crippen LogP contribution in [0.3, 0.4) is 0 Å². The number of fused-ring (bicyclic) bond motifs is 1. The SMILES string of the molecule is CC(C)c1ccc(COC(=O)CCc2nc3ccccc3c(=O)[nH]2)cc1. The molecule has 0 amide bonds. The van der Waals surface area contributed by atoms with Crippen LogP contribution < -0.4 is 5.56 Å². The number of nitrogens with zero attached hydrogens (tertiary/aromatic N) is 1. The highest BCUT2D eigenvalue weighted by Gasteiger charge is 2.08. The Bertz CT molecular complexity index is 959. The molecule has 0 spiro atoms. The highest BCUT2D eigenvalue weighted by atomic mass is 16.5. The van der Waals surface area contributed by atoms with Gasteiger partial charge in [0.25, 0.3) is 5.56 Å². The van der Waals surface area contributed by atoms with Gasteiger partial charge in [-0.15, -0.1) is 0 Å². The summed E-state index contributed by atoms with van der Waals surface area (Å²) in [4.78, 5) is 31.1. The number of para-hydroxylation sites is 1. The molecule has 0 unspecified atom stereocenters. The van der Waals surface area contributed by atoms with Crippen molar-refractivity contribution >= 4 is 16.9 Å². The summed E-state index contributed by atoms with van der Waals surface area (Å²) in [6.07, 6.45) is 0.510. The number of rotatable bonds is 6. The molecule has 0 fully saturated rings. The van der Waals surface area contributed by atoms with Gasteiger partial charge in [0.05, 0.1) is 17.3 Å². The van der Waals surface area contributed by atoms with E-state index >= 15 is 0 Å². The average Bonchev–Trinajstić information content (AvgIpc) is 2.65. The third-order valence-electron chi connectivity index (χ3n) is 4.27. The maximum atomic E-state index is 12.0. The van der Waals surface area contributed by atoms with E-state index in [0.717, 1.165) is 5.56 Å². The van der Waals surface area contributed by atoms with Gasteiger partial charge in [-0.1, -0.05) is 50.2 Å². The molecule has 0 radical (unpaired) electrons. The smallest absolute Gasteiger partial charge is 0.306 e. The van der Waals surface area contributed by atoms with Gasteiger partial charge < -0.3 is 9.72 Å². The fraction of sp³-hybridized carbons (Fsp3) is 0.286. The van der Waals surface area contributed by atoms with Crippen LogP contribution in [0.2, 0.25) is 0 Å². The minimum atomic E-state index is -0.311. The van der Waals surface area contributed by atoms with Gasteiger partial charge in [0.2, 0.25) is 0 Å². The maximum absolute atomic E-state index is 12.0. The van der Waals surface area contributed by atoms with Crippen molar-refractivity contribution in [3.05, 3.63) is 75.8 Å². The van der Waals surface area contributed by atoms with Gasteiger partial charge in [-0.25, -0.2) is 4.98 Å². The molecule has 5 nitrogen and oxygen atoms in total. The Labute approximate surface area is 152 Å². The molecule has 0 saturated carbocycles. The first-order valence-electron chi connectivity index (χ1n) is 8.75. The molecule has 3 aromatic rings. The van der Waals surface area contributed by atoms with Crippen molar-refractivity contribution in [1.82, 2.24) is 9.97 Å². The number of ether oxygens (including phenoxy) is 1. The van der Waals surface area contributed by atoms with Crippen LogP contribution in [-0.4, -0.2) is 15.9 Å². The number of aryl methyl sites for hydroxylation is 1. The second-order valence-electron chi connectivity index (χ2n) is 6.59. The van der Waals surface area contributed by atoms with E-state index in [-0.39, 0.29) is 24.6 Å². The quantitative estimate of drug-likeness (QED) is 0.688. The lowest BCUT2D eigenvalue weighted by molar-refractivity contribution is -0.144. The third-order valence-corrected chi connectivity index (χ3v) is 4.27. The topological polar surface area (TPSA) is 72.0 Å². The number of carbonyl (C=O) groups excluding carboxylic acids is 1. The summed E-state index contributed by atoms with van der Waals surface area (Å²) in [6.45, 7) is 4.53. The molecule has 26 heavy (non-hydrogen) atoms. The lowest BCUT2D eigenvalue weighted by atomic mass is 10.0. The summed E-state index contributed by atoms with van der Waals surface area (Å²) < 4.78 is 5.31. The number of nitrogens with one attached hydrogen (secondary N) is 1. The molecule has 1 heterocycles. The normalized spacial score (nSPS) is 11.0. The van der Waals surface area contributed by atoms with E-state index in [0.29, 0.717) is 29.1 Å². The van der Waals surface area contributed by atoms with Crippen molar-refractivity contribution in [3.63, 3.8) is 0 Å². The van der Waals surface area contributed by atoms with Crippen LogP contribution in [0.25, 0.3) is 10.9 Å². The maximum Gasteiger partial charge on any atom is 0.306 e. The Balaban J connectivity index is 1.55. The molecule has 2 aromatic carbocycles. The first-order chi connectivity index (χ1) is 12.5. The van der Waals surface area contributed by atoms with Gasteiger partial charge in [-0.3, -0.25) is 9.59 Å². The number of hydrogen-bond donors (Lipinski definition) is 1. The monoisotopic (exact) mass is 350 g/mol. The summed E-state index contributed by atoms with van der Waals surface area (Å²) in [7, 11) is 0. The number of carbonyl (C=O) groups is 1. The van der Waals surface area contributed by atoms with Gasteiger partial charge in [-0.2, -0.15) is 0 Å². The van der Waals surface area contributed by atoms with E-state index in [9.17, 15) is 9.59 Å². The van der Waals surface area contributed by atoms with Gasteiger partial charge in [0.15, 0.2) is 0 Å². The van der Waals surface area contributed by atoms with Crippen LogP contribution >= 0.6 is 0 Å². The van der Waals surface area contributed by atoms with Crippen LogP contribution in [0, 0.1) is 0 Å². The van der Waals surface area contributed by atoms with Crippen molar-refractivity contribution in [3.8, 4) is 0 Å². The summed E-state index contributed by atoms with van der Waals surface area (Å²) in [5, 5.41) is 0.545. The Morgan fingerprint density at radius 3 is 2.58 bits per heavy atom.